The number of halogens is 1. The molecule has 0 atom stereocenters. The lowest BCUT2D eigenvalue weighted by Crippen LogP contribution is -2.24. The molecule has 0 saturated heterocycles. The van der Waals surface area contributed by atoms with Gasteiger partial charge in [-0.25, -0.2) is 0 Å². The lowest BCUT2D eigenvalue weighted by Gasteiger charge is -2.13. The molecule has 0 unspecified atom stereocenters. The van der Waals surface area contributed by atoms with Gasteiger partial charge in [-0.15, -0.1) is 0 Å². The van der Waals surface area contributed by atoms with E-state index in [4.69, 9.17) is 4.74 Å². The summed E-state index contributed by atoms with van der Waals surface area (Å²) in [6.07, 6.45) is 0. The van der Waals surface area contributed by atoms with Crippen molar-refractivity contribution in [3.63, 3.8) is 0 Å². The van der Waals surface area contributed by atoms with Crippen molar-refractivity contribution in [2.24, 2.45) is 5.92 Å². The van der Waals surface area contributed by atoms with Crippen molar-refractivity contribution < 1.29 is 14.3 Å². The van der Waals surface area contributed by atoms with Gasteiger partial charge < -0.3 is 15.4 Å². The molecule has 0 spiro atoms. The zero-order chi connectivity index (χ0) is 22.2. The largest absolute Gasteiger partial charge is 0.492 e. The van der Waals surface area contributed by atoms with Crippen LogP contribution in [-0.4, -0.2) is 18.4 Å². The van der Waals surface area contributed by atoms with Crippen LogP contribution in [0.5, 0.6) is 5.75 Å². The van der Waals surface area contributed by atoms with Crippen LogP contribution >= 0.6 is 15.9 Å². The van der Waals surface area contributed by atoms with Crippen molar-refractivity contribution in [1.82, 2.24) is 5.32 Å². The fourth-order valence-corrected chi connectivity index (χ4v) is 3.37. The van der Waals surface area contributed by atoms with Crippen molar-refractivity contribution in [1.29, 1.82) is 0 Å². The first kappa shape index (κ1) is 22.6. The van der Waals surface area contributed by atoms with E-state index in [1.807, 2.05) is 30.3 Å². The van der Waals surface area contributed by atoms with Crippen LogP contribution in [-0.2, 0) is 6.54 Å². The van der Waals surface area contributed by atoms with Gasteiger partial charge in [-0.1, -0.05) is 56.3 Å². The molecule has 3 aromatic carbocycles. The number of nitrogens with one attached hydrogen (secondary N) is 2. The maximum absolute atomic E-state index is 12.8. The standard InChI is InChI=1S/C25H25BrN2O3/c1-17(2)16-31-23-13-12-19(14-21(23)26)24(29)28-22-11-7-6-10-20(22)25(30)27-15-18-8-4-3-5-9-18/h3-14,17H,15-16H2,1-2H3,(H,27,30)(H,28,29). The monoisotopic (exact) mass is 480 g/mol. The second kappa shape index (κ2) is 10.8. The van der Waals surface area contributed by atoms with E-state index in [0.29, 0.717) is 46.1 Å². The highest BCUT2D eigenvalue weighted by Gasteiger charge is 2.15. The lowest BCUT2D eigenvalue weighted by molar-refractivity contribution is 0.0952. The number of hydrogen-bond acceptors (Lipinski definition) is 3. The van der Waals surface area contributed by atoms with Gasteiger partial charge >= 0.3 is 0 Å². The lowest BCUT2D eigenvalue weighted by atomic mass is 10.1. The van der Waals surface area contributed by atoms with Crippen LogP contribution in [0, 0.1) is 5.92 Å². The molecule has 0 bridgehead atoms. The molecule has 160 valence electrons. The summed E-state index contributed by atoms with van der Waals surface area (Å²) in [7, 11) is 0. The summed E-state index contributed by atoms with van der Waals surface area (Å²) in [5.74, 6) is 0.531. The van der Waals surface area contributed by atoms with Crippen molar-refractivity contribution in [2.75, 3.05) is 11.9 Å². The van der Waals surface area contributed by atoms with E-state index in [0.717, 1.165) is 5.56 Å². The van der Waals surface area contributed by atoms with Gasteiger partial charge in [0.15, 0.2) is 0 Å². The van der Waals surface area contributed by atoms with E-state index in [9.17, 15) is 9.59 Å². The fraction of sp³-hybridized carbons (Fsp3) is 0.200. The van der Waals surface area contributed by atoms with Crippen molar-refractivity contribution in [3.8, 4) is 5.75 Å². The van der Waals surface area contributed by atoms with E-state index >= 15 is 0 Å². The first-order valence-electron chi connectivity index (χ1n) is 10.1. The van der Waals surface area contributed by atoms with Crippen LogP contribution in [0.3, 0.4) is 0 Å². The Bertz CT molecular complexity index is 1050. The van der Waals surface area contributed by atoms with Gasteiger partial charge in [0, 0.05) is 12.1 Å². The number of benzene rings is 3. The molecular weight excluding hydrogens is 456 g/mol. The number of hydrogen-bond donors (Lipinski definition) is 2. The number of carbonyl (C=O) groups excluding carboxylic acids is 2. The zero-order valence-corrected chi connectivity index (χ0v) is 19.1. The summed E-state index contributed by atoms with van der Waals surface area (Å²) in [4.78, 5) is 25.5. The third-order valence-corrected chi connectivity index (χ3v) is 5.10. The Kier molecular flexibility index (Phi) is 7.84. The van der Waals surface area contributed by atoms with Crippen LogP contribution in [0.15, 0.2) is 77.3 Å². The minimum absolute atomic E-state index is 0.252. The Morgan fingerprint density at radius 2 is 1.65 bits per heavy atom. The topological polar surface area (TPSA) is 67.4 Å². The number of carbonyl (C=O) groups is 2. The molecule has 0 radical (unpaired) electrons. The molecule has 0 saturated carbocycles. The molecule has 6 heteroatoms. The average molecular weight is 481 g/mol. The van der Waals surface area contributed by atoms with Crippen LogP contribution in [0.4, 0.5) is 5.69 Å². The molecule has 0 heterocycles. The highest BCUT2D eigenvalue weighted by Crippen LogP contribution is 2.27. The molecule has 3 aromatic rings. The Morgan fingerprint density at radius 1 is 0.935 bits per heavy atom. The fourth-order valence-electron chi connectivity index (χ4n) is 2.87. The van der Waals surface area contributed by atoms with Gasteiger partial charge in [0.25, 0.3) is 11.8 Å². The minimum atomic E-state index is -0.306. The van der Waals surface area contributed by atoms with Crippen LogP contribution in [0.1, 0.15) is 40.1 Å². The van der Waals surface area contributed by atoms with Gasteiger partial charge in [-0.05, 0) is 57.7 Å². The van der Waals surface area contributed by atoms with Crippen LogP contribution < -0.4 is 15.4 Å². The predicted octanol–water partition coefficient (Wildman–Crippen LogP) is 5.67. The van der Waals surface area contributed by atoms with Crippen molar-refractivity contribution in [3.05, 3.63) is 94.0 Å². The molecule has 5 nitrogen and oxygen atoms in total. The Morgan fingerprint density at radius 3 is 2.35 bits per heavy atom. The van der Waals surface area contributed by atoms with Crippen molar-refractivity contribution >= 4 is 33.4 Å². The molecule has 2 amide bonds. The Balaban J connectivity index is 1.69. The highest BCUT2D eigenvalue weighted by atomic mass is 79.9. The Labute approximate surface area is 191 Å². The summed E-state index contributed by atoms with van der Waals surface area (Å²) in [6.45, 7) is 5.15. The van der Waals surface area contributed by atoms with Gasteiger partial charge in [-0.2, -0.15) is 0 Å². The second-order valence-corrected chi connectivity index (χ2v) is 8.37. The average Bonchev–Trinajstić information content (AvgIpc) is 2.77. The summed E-state index contributed by atoms with van der Waals surface area (Å²) in [5.41, 5.74) is 2.32. The SMILES string of the molecule is CC(C)COc1ccc(C(=O)Nc2ccccc2C(=O)NCc2ccccc2)cc1Br. The predicted molar refractivity (Wildman–Crippen MR) is 126 cm³/mol. The number of para-hydroxylation sites is 1. The summed E-state index contributed by atoms with van der Waals surface area (Å²) in [5, 5.41) is 5.74. The Hall–Kier alpha value is -3.12. The molecule has 0 aliphatic rings. The normalized spacial score (nSPS) is 10.6. The molecule has 0 aliphatic carbocycles. The van der Waals surface area contributed by atoms with E-state index < -0.39 is 0 Å². The third kappa shape index (κ3) is 6.43. The van der Waals surface area contributed by atoms with E-state index in [1.165, 1.54) is 0 Å². The molecular formula is C25H25BrN2O3. The van der Waals surface area contributed by atoms with Gasteiger partial charge in [0.1, 0.15) is 5.75 Å². The summed E-state index contributed by atoms with van der Waals surface area (Å²) < 4.78 is 6.44. The number of ether oxygens (including phenoxy) is 1. The minimum Gasteiger partial charge on any atom is -0.492 e. The molecule has 3 rings (SSSR count). The first-order valence-corrected chi connectivity index (χ1v) is 10.9. The first-order chi connectivity index (χ1) is 14.9. The smallest absolute Gasteiger partial charge is 0.255 e. The zero-order valence-electron chi connectivity index (χ0n) is 17.5. The van der Waals surface area contributed by atoms with E-state index in [1.54, 1.807) is 42.5 Å². The summed E-state index contributed by atoms with van der Waals surface area (Å²) >= 11 is 3.46. The van der Waals surface area contributed by atoms with Gasteiger partial charge in [0.2, 0.25) is 0 Å². The quantitative estimate of drug-likeness (QED) is 0.436. The van der Waals surface area contributed by atoms with Crippen LogP contribution in [0.25, 0.3) is 0 Å². The van der Waals surface area contributed by atoms with Crippen LogP contribution in [0.2, 0.25) is 0 Å². The maximum atomic E-state index is 12.8. The molecule has 31 heavy (non-hydrogen) atoms. The van der Waals surface area contributed by atoms with E-state index in [-0.39, 0.29) is 11.8 Å². The molecule has 0 aliphatic heterocycles. The molecule has 2 N–H and O–H groups in total. The third-order valence-electron chi connectivity index (χ3n) is 4.48. The second-order valence-electron chi connectivity index (χ2n) is 7.52. The highest BCUT2D eigenvalue weighted by molar-refractivity contribution is 9.10. The number of rotatable bonds is 8. The molecule has 0 fully saturated rings. The number of amides is 2. The van der Waals surface area contributed by atoms with Crippen molar-refractivity contribution in [2.45, 2.75) is 20.4 Å². The van der Waals surface area contributed by atoms with Gasteiger partial charge in [-0.3, -0.25) is 9.59 Å². The number of anilines is 1. The van der Waals surface area contributed by atoms with E-state index in [2.05, 4.69) is 40.4 Å². The maximum Gasteiger partial charge on any atom is 0.255 e. The molecule has 0 aromatic heterocycles. The van der Waals surface area contributed by atoms with Gasteiger partial charge in [0.05, 0.1) is 22.3 Å². The summed E-state index contributed by atoms with van der Waals surface area (Å²) in [6, 6.07) is 21.8.